The van der Waals surface area contributed by atoms with Crippen LogP contribution in [0.5, 0.6) is 5.75 Å². The first kappa shape index (κ1) is 24.2. The van der Waals surface area contributed by atoms with E-state index in [-0.39, 0.29) is 29.5 Å². The van der Waals surface area contributed by atoms with Gasteiger partial charge in [0.05, 0.1) is 5.56 Å². The molecule has 1 saturated heterocycles. The van der Waals surface area contributed by atoms with Gasteiger partial charge in [0.25, 0.3) is 5.91 Å². The van der Waals surface area contributed by atoms with Gasteiger partial charge < -0.3 is 15.0 Å². The summed E-state index contributed by atoms with van der Waals surface area (Å²) in [6.45, 7) is 5.13. The Kier molecular flexibility index (Phi) is 8.42. The summed E-state index contributed by atoms with van der Waals surface area (Å²) in [4.78, 5) is 27.4. The Bertz CT molecular complexity index is 1010. The molecule has 1 aliphatic rings. The molecule has 1 heterocycles. The van der Waals surface area contributed by atoms with Crippen LogP contribution in [0.3, 0.4) is 0 Å². The Morgan fingerprint density at radius 2 is 1.82 bits per heavy atom. The highest BCUT2D eigenvalue weighted by Gasteiger charge is 2.33. The standard InChI is InChI=1S/C26H30FN3O3/c1-18(2)24(33-23-10-6-4-8-21(23)17-28)26(32)30-15-12-20(13-16-30)25(31)29-14-11-19-7-3-5-9-22(19)27/h3-10,18,20,24H,11-16H2,1-2H3,(H,29,31). The highest BCUT2D eigenvalue weighted by Crippen LogP contribution is 2.24. The summed E-state index contributed by atoms with van der Waals surface area (Å²) >= 11 is 0. The maximum absolute atomic E-state index is 13.7. The molecule has 0 radical (unpaired) electrons. The molecule has 7 heteroatoms. The van der Waals surface area contributed by atoms with Gasteiger partial charge in [-0.1, -0.05) is 44.2 Å². The van der Waals surface area contributed by atoms with Crippen LogP contribution in [-0.4, -0.2) is 42.5 Å². The van der Waals surface area contributed by atoms with Crippen molar-refractivity contribution in [3.8, 4) is 11.8 Å². The van der Waals surface area contributed by atoms with E-state index in [1.54, 1.807) is 47.4 Å². The first-order valence-corrected chi connectivity index (χ1v) is 11.4. The summed E-state index contributed by atoms with van der Waals surface area (Å²) in [5, 5.41) is 12.2. The fourth-order valence-corrected chi connectivity index (χ4v) is 3.98. The summed E-state index contributed by atoms with van der Waals surface area (Å²) in [5.41, 5.74) is 0.970. The number of likely N-dealkylation sites (tertiary alicyclic amines) is 1. The number of hydrogen-bond donors (Lipinski definition) is 1. The predicted octanol–water partition coefficient (Wildman–Crippen LogP) is 3.70. The van der Waals surface area contributed by atoms with Crippen LogP contribution in [0.15, 0.2) is 48.5 Å². The normalized spacial score (nSPS) is 15.1. The molecule has 1 atom stereocenters. The number of halogens is 1. The first-order valence-electron chi connectivity index (χ1n) is 11.4. The van der Waals surface area contributed by atoms with Gasteiger partial charge in [0.1, 0.15) is 17.6 Å². The molecule has 0 saturated carbocycles. The Hall–Kier alpha value is -3.40. The molecule has 3 rings (SSSR count). The monoisotopic (exact) mass is 451 g/mol. The molecular formula is C26H30FN3O3. The second kappa shape index (κ2) is 11.5. The largest absolute Gasteiger partial charge is 0.479 e. The van der Waals surface area contributed by atoms with Gasteiger partial charge in [-0.05, 0) is 48.9 Å². The molecule has 0 aliphatic carbocycles. The Balaban J connectivity index is 1.51. The quantitative estimate of drug-likeness (QED) is 0.664. The van der Waals surface area contributed by atoms with Crippen molar-refractivity contribution in [1.29, 1.82) is 5.26 Å². The molecule has 0 bridgehead atoms. The summed E-state index contributed by atoms with van der Waals surface area (Å²) in [6, 6.07) is 15.5. The van der Waals surface area contributed by atoms with E-state index in [0.29, 0.717) is 55.8 Å². The minimum absolute atomic E-state index is 0.0574. The van der Waals surface area contributed by atoms with Crippen molar-refractivity contribution in [2.75, 3.05) is 19.6 Å². The van der Waals surface area contributed by atoms with Crippen LogP contribution < -0.4 is 10.1 Å². The highest BCUT2D eigenvalue weighted by atomic mass is 19.1. The molecule has 6 nitrogen and oxygen atoms in total. The lowest BCUT2D eigenvalue weighted by Crippen LogP contribution is -2.49. The zero-order chi connectivity index (χ0) is 23.8. The number of rotatable bonds is 8. The van der Waals surface area contributed by atoms with Crippen LogP contribution in [0.1, 0.15) is 37.8 Å². The summed E-state index contributed by atoms with van der Waals surface area (Å²) in [6.07, 6.45) is 0.867. The Morgan fingerprint density at radius 3 is 2.48 bits per heavy atom. The summed E-state index contributed by atoms with van der Waals surface area (Å²) < 4.78 is 19.7. The van der Waals surface area contributed by atoms with Crippen molar-refractivity contribution in [2.45, 2.75) is 39.2 Å². The third-order valence-corrected chi connectivity index (χ3v) is 5.94. The first-order chi connectivity index (χ1) is 15.9. The van der Waals surface area contributed by atoms with Gasteiger partial charge in [-0.15, -0.1) is 0 Å². The molecule has 0 spiro atoms. The van der Waals surface area contributed by atoms with E-state index >= 15 is 0 Å². The van der Waals surface area contributed by atoms with E-state index in [1.807, 2.05) is 13.8 Å². The van der Waals surface area contributed by atoms with Gasteiger partial charge in [-0.25, -0.2) is 4.39 Å². The van der Waals surface area contributed by atoms with Crippen molar-refractivity contribution in [3.63, 3.8) is 0 Å². The molecule has 2 aromatic carbocycles. The average Bonchev–Trinajstić information content (AvgIpc) is 2.83. The van der Waals surface area contributed by atoms with Crippen LogP contribution in [0.25, 0.3) is 0 Å². The number of hydrogen-bond acceptors (Lipinski definition) is 4. The zero-order valence-electron chi connectivity index (χ0n) is 19.1. The van der Waals surface area contributed by atoms with Crippen LogP contribution in [0, 0.1) is 29.0 Å². The average molecular weight is 452 g/mol. The van der Waals surface area contributed by atoms with Crippen molar-refractivity contribution >= 4 is 11.8 Å². The van der Waals surface area contributed by atoms with Crippen molar-refractivity contribution < 1.29 is 18.7 Å². The van der Waals surface area contributed by atoms with Gasteiger partial charge >= 0.3 is 0 Å². The second-order valence-corrected chi connectivity index (χ2v) is 8.62. The van der Waals surface area contributed by atoms with Gasteiger partial charge in [0.15, 0.2) is 6.10 Å². The third kappa shape index (κ3) is 6.32. The minimum atomic E-state index is -0.703. The molecule has 33 heavy (non-hydrogen) atoms. The Morgan fingerprint density at radius 1 is 1.15 bits per heavy atom. The lowest BCUT2D eigenvalue weighted by Gasteiger charge is -2.34. The summed E-state index contributed by atoms with van der Waals surface area (Å²) in [5.74, 6) is -0.306. The molecule has 174 valence electrons. The highest BCUT2D eigenvalue weighted by molar-refractivity contribution is 5.83. The lowest BCUT2D eigenvalue weighted by molar-refractivity contribution is -0.143. The molecule has 1 N–H and O–H groups in total. The van der Waals surface area contributed by atoms with Crippen LogP contribution in [-0.2, 0) is 16.0 Å². The molecule has 2 amide bonds. The van der Waals surface area contributed by atoms with Crippen molar-refractivity contribution in [2.24, 2.45) is 11.8 Å². The smallest absolute Gasteiger partial charge is 0.263 e. The van der Waals surface area contributed by atoms with E-state index in [4.69, 9.17) is 4.74 Å². The maximum atomic E-state index is 13.7. The van der Waals surface area contributed by atoms with Gasteiger partial charge in [-0.3, -0.25) is 9.59 Å². The van der Waals surface area contributed by atoms with Gasteiger partial charge in [0.2, 0.25) is 5.91 Å². The van der Waals surface area contributed by atoms with E-state index in [1.165, 1.54) is 6.07 Å². The molecular weight excluding hydrogens is 421 g/mol. The van der Waals surface area contributed by atoms with E-state index in [2.05, 4.69) is 11.4 Å². The number of nitriles is 1. The number of amides is 2. The maximum Gasteiger partial charge on any atom is 0.263 e. The van der Waals surface area contributed by atoms with Crippen molar-refractivity contribution in [3.05, 3.63) is 65.5 Å². The number of piperidine rings is 1. The van der Waals surface area contributed by atoms with Crippen LogP contribution in [0.4, 0.5) is 4.39 Å². The number of benzene rings is 2. The number of para-hydroxylation sites is 1. The number of nitrogens with zero attached hydrogens (tertiary/aromatic N) is 2. The van der Waals surface area contributed by atoms with Gasteiger partial charge in [-0.2, -0.15) is 5.26 Å². The number of nitrogens with one attached hydrogen (secondary N) is 1. The minimum Gasteiger partial charge on any atom is -0.479 e. The fourth-order valence-electron chi connectivity index (χ4n) is 3.98. The molecule has 2 aromatic rings. The molecule has 1 fully saturated rings. The van der Waals surface area contributed by atoms with E-state index < -0.39 is 6.10 Å². The molecule has 0 aromatic heterocycles. The fraction of sp³-hybridized carbons (Fsp3) is 0.423. The third-order valence-electron chi connectivity index (χ3n) is 5.94. The van der Waals surface area contributed by atoms with Crippen LogP contribution in [0.2, 0.25) is 0 Å². The topological polar surface area (TPSA) is 82.4 Å². The van der Waals surface area contributed by atoms with E-state index in [9.17, 15) is 19.2 Å². The Labute approximate surface area is 194 Å². The lowest BCUT2D eigenvalue weighted by atomic mass is 9.94. The molecule has 1 aliphatic heterocycles. The molecule has 1 unspecified atom stereocenters. The summed E-state index contributed by atoms with van der Waals surface area (Å²) in [7, 11) is 0. The van der Waals surface area contributed by atoms with Crippen LogP contribution >= 0.6 is 0 Å². The van der Waals surface area contributed by atoms with E-state index in [0.717, 1.165) is 0 Å². The number of carbonyl (C=O) groups excluding carboxylic acids is 2. The number of carbonyl (C=O) groups is 2. The van der Waals surface area contributed by atoms with Gasteiger partial charge in [0, 0.05) is 25.6 Å². The second-order valence-electron chi connectivity index (χ2n) is 8.62. The zero-order valence-corrected chi connectivity index (χ0v) is 19.1. The SMILES string of the molecule is CC(C)C(Oc1ccccc1C#N)C(=O)N1CCC(C(=O)NCCc2ccccc2F)CC1. The predicted molar refractivity (Wildman–Crippen MR) is 123 cm³/mol. The van der Waals surface area contributed by atoms with Crippen molar-refractivity contribution in [1.82, 2.24) is 10.2 Å². The number of ether oxygens (including phenoxy) is 1.